The summed E-state index contributed by atoms with van der Waals surface area (Å²) in [6, 6.07) is 2.36. The van der Waals surface area contributed by atoms with E-state index in [0.29, 0.717) is 5.69 Å². The number of Topliss-reactive ketones (excluding diaryl/α,β-unsaturated/α-hetero) is 1. The first-order chi connectivity index (χ1) is 16.3. The zero-order chi connectivity index (χ0) is 24.7. The SMILES string of the molecule is Cc1cc2ncc3c(c2cc1NC(=O)OCCCC(=O)N[C@@H](CC(=O)O)C(=O)CF)CCC=C3. The van der Waals surface area contributed by atoms with Gasteiger partial charge in [0.25, 0.3) is 0 Å². The van der Waals surface area contributed by atoms with E-state index >= 15 is 0 Å². The number of ketones is 1. The highest BCUT2D eigenvalue weighted by Gasteiger charge is 2.23. The van der Waals surface area contributed by atoms with Gasteiger partial charge >= 0.3 is 12.1 Å². The molecule has 34 heavy (non-hydrogen) atoms. The maximum Gasteiger partial charge on any atom is 0.411 e. The van der Waals surface area contributed by atoms with Crippen LogP contribution in [0.1, 0.15) is 42.4 Å². The lowest BCUT2D eigenvalue weighted by Crippen LogP contribution is -2.43. The van der Waals surface area contributed by atoms with Crippen LogP contribution in [-0.2, 0) is 25.5 Å². The fraction of sp³-hybridized carbons (Fsp3) is 0.375. The molecule has 0 saturated heterocycles. The summed E-state index contributed by atoms with van der Waals surface area (Å²) < 4.78 is 17.7. The Balaban J connectivity index is 1.52. The summed E-state index contributed by atoms with van der Waals surface area (Å²) in [5.41, 5.74) is 4.52. The minimum Gasteiger partial charge on any atom is -0.481 e. The molecule has 2 aromatic rings. The molecule has 0 spiro atoms. The molecule has 1 heterocycles. The summed E-state index contributed by atoms with van der Waals surface area (Å²) in [6.07, 6.45) is 6.46. The van der Waals surface area contributed by atoms with Crippen LogP contribution in [0.3, 0.4) is 0 Å². The van der Waals surface area contributed by atoms with Gasteiger partial charge < -0.3 is 15.2 Å². The number of pyridine rings is 1. The molecular formula is C24H26FN3O6. The van der Waals surface area contributed by atoms with Crippen molar-refractivity contribution >= 4 is 46.4 Å². The predicted molar refractivity (Wildman–Crippen MR) is 123 cm³/mol. The first kappa shape index (κ1) is 24.8. The van der Waals surface area contributed by atoms with Gasteiger partial charge in [0.15, 0.2) is 5.78 Å². The Morgan fingerprint density at radius 1 is 1.26 bits per heavy atom. The van der Waals surface area contributed by atoms with Crippen molar-refractivity contribution in [1.29, 1.82) is 0 Å². The van der Waals surface area contributed by atoms with E-state index in [1.165, 1.54) is 5.56 Å². The highest BCUT2D eigenvalue weighted by atomic mass is 19.1. The third-order valence-electron chi connectivity index (χ3n) is 5.47. The Hall–Kier alpha value is -3.82. The number of aryl methyl sites for hydroxylation is 2. The maximum absolute atomic E-state index is 12.5. The average Bonchev–Trinajstić information content (AvgIpc) is 2.81. The number of halogens is 1. The second-order valence-electron chi connectivity index (χ2n) is 8.00. The van der Waals surface area contributed by atoms with Gasteiger partial charge in [-0.1, -0.05) is 12.2 Å². The molecule has 3 rings (SSSR count). The molecular weight excluding hydrogens is 445 g/mol. The number of allylic oxidation sites excluding steroid dienone is 1. The summed E-state index contributed by atoms with van der Waals surface area (Å²) in [5.74, 6) is -2.97. The summed E-state index contributed by atoms with van der Waals surface area (Å²) in [6.45, 7) is 0.409. The van der Waals surface area contributed by atoms with E-state index < -0.39 is 42.9 Å². The number of hydrogen-bond donors (Lipinski definition) is 3. The van der Waals surface area contributed by atoms with Crippen LogP contribution < -0.4 is 10.6 Å². The molecule has 1 aliphatic carbocycles. The van der Waals surface area contributed by atoms with E-state index in [2.05, 4.69) is 21.7 Å². The first-order valence-corrected chi connectivity index (χ1v) is 10.9. The normalized spacial score (nSPS) is 13.1. The third-order valence-corrected chi connectivity index (χ3v) is 5.47. The molecule has 0 radical (unpaired) electrons. The zero-order valence-corrected chi connectivity index (χ0v) is 18.7. The molecule has 0 saturated carbocycles. The van der Waals surface area contributed by atoms with Crippen LogP contribution in [0.2, 0.25) is 0 Å². The zero-order valence-electron chi connectivity index (χ0n) is 18.7. The largest absolute Gasteiger partial charge is 0.481 e. The topological polar surface area (TPSA) is 135 Å². The van der Waals surface area contributed by atoms with Crippen LogP contribution in [-0.4, -0.2) is 53.2 Å². The number of anilines is 1. The number of nitrogens with zero attached hydrogens (tertiary/aromatic N) is 1. The minimum absolute atomic E-state index is 0.0751. The van der Waals surface area contributed by atoms with Crippen molar-refractivity contribution in [3.8, 4) is 0 Å². The van der Waals surface area contributed by atoms with E-state index in [1.54, 1.807) is 0 Å². The highest BCUT2D eigenvalue weighted by molar-refractivity contribution is 5.94. The van der Waals surface area contributed by atoms with Gasteiger partial charge in [-0.2, -0.15) is 0 Å². The minimum atomic E-state index is -1.43. The number of aliphatic carboxylic acids is 1. The van der Waals surface area contributed by atoms with Crippen molar-refractivity contribution in [1.82, 2.24) is 10.3 Å². The van der Waals surface area contributed by atoms with Gasteiger partial charge in [-0.05, 0) is 55.0 Å². The number of fused-ring (bicyclic) bond motifs is 3. The maximum atomic E-state index is 12.5. The summed E-state index contributed by atoms with van der Waals surface area (Å²) in [7, 11) is 0. The summed E-state index contributed by atoms with van der Waals surface area (Å²) >= 11 is 0. The van der Waals surface area contributed by atoms with Crippen LogP contribution >= 0.6 is 0 Å². The average molecular weight is 471 g/mol. The fourth-order valence-electron chi connectivity index (χ4n) is 3.73. The second-order valence-corrected chi connectivity index (χ2v) is 8.00. The standard InChI is InChI=1S/C24H26FN3O6/c1-14-9-19-17(16-6-3-2-5-15(16)13-26-19)10-18(14)28-24(33)34-8-4-7-22(30)27-20(11-23(31)32)21(29)12-25/h2,5,9-10,13,20H,3-4,6-8,11-12H2,1H3,(H,27,30)(H,28,33)(H,31,32)/t20-/m0/s1. The Morgan fingerprint density at radius 3 is 2.79 bits per heavy atom. The van der Waals surface area contributed by atoms with Crippen LogP contribution in [0.15, 0.2) is 24.4 Å². The van der Waals surface area contributed by atoms with E-state index in [-0.39, 0.29) is 19.4 Å². The number of amides is 2. The molecule has 0 aliphatic heterocycles. The molecule has 0 fully saturated rings. The number of carboxylic acids is 1. The van der Waals surface area contributed by atoms with Crippen molar-refractivity contribution in [2.24, 2.45) is 0 Å². The molecule has 1 atom stereocenters. The van der Waals surface area contributed by atoms with Gasteiger partial charge in [0.2, 0.25) is 5.91 Å². The van der Waals surface area contributed by atoms with E-state index in [0.717, 1.165) is 34.9 Å². The second kappa shape index (κ2) is 11.4. The third kappa shape index (κ3) is 6.37. The van der Waals surface area contributed by atoms with Crippen molar-refractivity contribution in [2.45, 2.75) is 45.1 Å². The number of hydrogen-bond acceptors (Lipinski definition) is 6. The van der Waals surface area contributed by atoms with Crippen LogP contribution in [0.4, 0.5) is 14.9 Å². The quantitative estimate of drug-likeness (QED) is 0.452. The smallest absolute Gasteiger partial charge is 0.411 e. The number of carbonyl (C=O) groups is 4. The van der Waals surface area contributed by atoms with Crippen molar-refractivity contribution < 1.29 is 33.4 Å². The molecule has 2 amide bonds. The summed E-state index contributed by atoms with van der Waals surface area (Å²) in [5, 5.41) is 14.7. The monoisotopic (exact) mass is 471 g/mol. The van der Waals surface area contributed by atoms with Gasteiger partial charge in [0.05, 0.1) is 18.5 Å². The molecule has 1 aromatic carbocycles. The predicted octanol–water partition coefficient (Wildman–Crippen LogP) is 3.33. The Kier molecular flexibility index (Phi) is 8.29. The van der Waals surface area contributed by atoms with E-state index in [4.69, 9.17) is 9.84 Å². The van der Waals surface area contributed by atoms with Gasteiger partial charge in [0, 0.05) is 23.7 Å². The van der Waals surface area contributed by atoms with Gasteiger partial charge in [-0.3, -0.25) is 24.7 Å². The van der Waals surface area contributed by atoms with Gasteiger partial charge in [-0.25, -0.2) is 9.18 Å². The van der Waals surface area contributed by atoms with Crippen LogP contribution in [0.25, 0.3) is 17.0 Å². The van der Waals surface area contributed by atoms with E-state index in [9.17, 15) is 23.6 Å². The molecule has 1 aromatic heterocycles. The molecule has 180 valence electrons. The number of rotatable bonds is 10. The van der Waals surface area contributed by atoms with Crippen molar-refractivity contribution in [3.05, 3.63) is 41.1 Å². The number of benzene rings is 1. The lowest BCUT2D eigenvalue weighted by Gasteiger charge is -2.16. The molecule has 10 heteroatoms. The first-order valence-electron chi connectivity index (χ1n) is 10.9. The Bertz CT molecular complexity index is 1150. The Morgan fingerprint density at radius 2 is 2.06 bits per heavy atom. The number of alkyl halides is 1. The molecule has 3 N–H and O–H groups in total. The van der Waals surface area contributed by atoms with Gasteiger partial charge in [-0.15, -0.1) is 0 Å². The number of aromatic nitrogens is 1. The van der Waals surface area contributed by atoms with Crippen molar-refractivity contribution in [3.63, 3.8) is 0 Å². The number of nitrogens with one attached hydrogen (secondary N) is 2. The highest BCUT2D eigenvalue weighted by Crippen LogP contribution is 2.30. The molecule has 0 bridgehead atoms. The number of carbonyl (C=O) groups excluding carboxylic acids is 3. The fourth-order valence-corrected chi connectivity index (χ4v) is 3.73. The number of ether oxygens (including phenoxy) is 1. The van der Waals surface area contributed by atoms with Crippen molar-refractivity contribution in [2.75, 3.05) is 18.6 Å². The molecule has 0 unspecified atom stereocenters. The Labute approximate surface area is 195 Å². The lowest BCUT2D eigenvalue weighted by molar-refractivity contribution is -0.140. The van der Waals surface area contributed by atoms with E-state index in [1.807, 2.05) is 31.3 Å². The molecule has 1 aliphatic rings. The lowest BCUT2D eigenvalue weighted by atomic mass is 9.94. The summed E-state index contributed by atoms with van der Waals surface area (Å²) in [4.78, 5) is 50.9. The van der Waals surface area contributed by atoms with Crippen LogP contribution in [0, 0.1) is 6.92 Å². The number of carboxylic acid groups (broad SMARTS) is 1. The van der Waals surface area contributed by atoms with Crippen LogP contribution in [0.5, 0.6) is 0 Å². The molecule has 9 nitrogen and oxygen atoms in total. The van der Waals surface area contributed by atoms with Gasteiger partial charge in [0.1, 0.15) is 12.7 Å².